The Hall–Kier alpha value is -7.00. The lowest BCUT2D eigenvalue weighted by molar-refractivity contribution is 0.660. The minimum atomic E-state index is -0.490. The van der Waals surface area contributed by atoms with E-state index in [2.05, 4.69) is 219 Å². The van der Waals surface area contributed by atoms with Crippen molar-refractivity contribution in [2.45, 2.75) is 24.7 Å². The number of nitrogens with zero attached hydrogens (tertiary/aromatic N) is 1. The highest BCUT2D eigenvalue weighted by atomic mass is 32.1. The number of rotatable bonds is 4. The monoisotopic (exact) mass is 781 g/mol. The van der Waals surface area contributed by atoms with E-state index in [9.17, 15) is 0 Å². The third-order valence-electron chi connectivity index (χ3n) is 13.9. The van der Waals surface area contributed by atoms with E-state index in [4.69, 9.17) is 0 Å². The van der Waals surface area contributed by atoms with Gasteiger partial charge in [0.25, 0.3) is 0 Å². The van der Waals surface area contributed by atoms with Crippen molar-refractivity contribution < 1.29 is 0 Å². The molecule has 0 saturated carbocycles. The van der Waals surface area contributed by atoms with Crippen molar-refractivity contribution >= 4 is 48.6 Å². The van der Waals surface area contributed by atoms with Gasteiger partial charge in [0.2, 0.25) is 0 Å². The van der Waals surface area contributed by atoms with Gasteiger partial charge in [-0.25, -0.2) is 0 Å². The minimum Gasteiger partial charge on any atom is -0.310 e. The molecule has 0 fully saturated rings. The predicted molar refractivity (Wildman–Crippen MR) is 253 cm³/mol. The molecule has 0 aliphatic heterocycles. The molecule has 60 heavy (non-hydrogen) atoms. The van der Waals surface area contributed by atoms with Crippen molar-refractivity contribution in [2.24, 2.45) is 0 Å². The lowest BCUT2D eigenvalue weighted by atomic mass is 9.70. The molecule has 0 atom stereocenters. The van der Waals surface area contributed by atoms with Crippen LogP contribution in [0.25, 0.3) is 64.7 Å². The smallest absolute Gasteiger partial charge is 0.0746 e. The first kappa shape index (κ1) is 33.9. The van der Waals surface area contributed by atoms with E-state index in [0.717, 1.165) is 11.4 Å². The van der Waals surface area contributed by atoms with Gasteiger partial charge in [0, 0.05) is 42.5 Å². The van der Waals surface area contributed by atoms with E-state index in [1.54, 1.807) is 0 Å². The van der Waals surface area contributed by atoms with E-state index >= 15 is 0 Å². The number of thiophene rings is 1. The quantitative estimate of drug-likeness (QED) is 0.172. The summed E-state index contributed by atoms with van der Waals surface area (Å²) in [4.78, 5) is 2.58. The van der Waals surface area contributed by atoms with Crippen LogP contribution in [-0.2, 0) is 10.8 Å². The van der Waals surface area contributed by atoms with Crippen LogP contribution in [0.3, 0.4) is 0 Å². The van der Waals surface area contributed by atoms with Crippen LogP contribution in [0.15, 0.2) is 200 Å². The van der Waals surface area contributed by atoms with Crippen LogP contribution in [0.1, 0.15) is 47.2 Å². The Morgan fingerprint density at radius 3 is 1.63 bits per heavy atom. The summed E-state index contributed by atoms with van der Waals surface area (Å²) < 4.78 is 2.61. The van der Waals surface area contributed by atoms with Crippen molar-refractivity contribution in [3.05, 3.63) is 234 Å². The van der Waals surface area contributed by atoms with E-state index in [1.807, 2.05) is 11.3 Å². The summed E-state index contributed by atoms with van der Waals surface area (Å²) in [5.74, 6) is 0. The van der Waals surface area contributed by atoms with Crippen LogP contribution in [-0.4, -0.2) is 0 Å². The van der Waals surface area contributed by atoms with Gasteiger partial charge in [0.05, 0.1) is 11.1 Å². The van der Waals surface area contributed by atoms with Gasteiger partial charge >= 0.3 is 0 Å². The molecule has 1 aromatic heterocycles. The lowest BCUT2D eigenvalue weighted by Gasteiger charge is -2.36. The Bertz CT molecular complexity index is 3360. The molecule has 282 valence electrons. The van der Waals surface area contributed by atoms with E-state index < -0.39 is 5.41 Å². The topological polar surface area (TPSA) is 3.24 Å². The zero-order valence-corrected chi connectivity index (χ0v) is 34.2. The van der Waals surface area contributed by atoms with Crippen LogP contribution < -0.4 is 4.90 Å². The minimum absolute atomic E-state index is 0.202. The van der Waals surface area contributed by atoms with Crippen LogP contribution >= 0.6 is 11.3 Å². The molecule has 1 nitrogen and oxygen atoms in total. The zero-order valence-electron chi connectivity index (χ0n) is 33.4. The highest BCUT2D eigenvalue weighted by Crippen LogP contribution is 2.65. The normalized spacial score (nSPS) is 14.4. The molecule has 3 aliphatic carbocycles. The maximum atomic E-state index is 2.58. The van der Waals surface area contributed by atoms with Gasteiger partial charge in [0.15, 0.2) is 0 Å². The van der Waals surface area contributed by atoms with Crippen molar-refractivity contribution in [3.63, 3.8) is 0 Å². The van der Waals surface area contributed by atoms with E-state index in [1.165, 1.54) is 104 Å². The Morgan fingerprint density at radius 1 is 0.367 bits per heavy atom. The van der Waals surface area contributed by atoms with Crippen LogP contribution in [0.2, 0.25) is 0 Å². The van der Waals surface area contributed by atoms with Crippen LogP contribution in [0.5, 0.6) is 0 Å². The Balaban J connectivity index is 1.09. The fourth-order valence-electron chi connectivity index (χ4n) is 11.3. The Labute approximate surface area is 354 Å². The van der Waals surface area contributed by atoms with Gasteiger partial charge in [-0.15, -0.1) is 11.3 Å². The number of benzene rings is 9. The summed E-state index contributed by atoms with van der Waals surface area (Å²) in [7, 11) is 0. The molecule has 2 heteroatoms. The van der Waals surface area contributed by atoms with Gasteiger partial charge < -0.3 is 4.90 Å². The fraction of sp³-hybridized carbons (Fsp3) is 0.0690. The largest absolute Gasteiger partial charge is 0.310 e. The van der Waals surface area contributed by atoms with Gasteiger partial charge in [-0.2, -0.15) is 0 Å². The zero-order chi connectivity index (χ0) is 39.7. The first-order chi connectivity index (χ1) is 29.5. The van der Waals surface area contributed by atoms with Gasteiger partial charge in [-0.05, 0) is 115 Å². The highest BCUT2D eigenvalue weighted by Gasteiger charge is 2.53. The second-order valence-corrected chi connectivity index (χ2v) is 18.3. The van der Waals surface area contributed by atoms with Gasteiger partial charge in [-0.3, -0.25) is 0 Å². The second-order valence-electron chi connectivity index (χ2n) is 17.2. The van der Waals surface area contributed by atoms with Gasteiger partial charge in [-0.1, -0.05) is 172 Å². The molecule has 9 aromatic carbocycles. The van der Waals surface area contributed by atoms with Crippen molar-refractivity contribution in [3.8, 4) is 44.5 Å². The lowest BCUT2D eigenvalue weighted by Crippen LogP contribution is -2.28. The average Bonchev–Trinajstić information content (AvgIpc) is 3.99. The maximum absolute atomic E-state index is 2.58. The van der Waals surface area contributed by atoms with Crippen LogP contribution in [0.4, 0.5) is 17.1 Å². The number of fused-ring (bicyclic) bond motifs is 16. The van der Waals surface area contributed by atoms with E-state index in [-0.39, 0.29) is 5.41 Å². The van der Waals surface area contributed by atoms with Gasteiger partial charge in [0.1, 0.15) is 0 Å². The number of hydrogen-bond acceptors (Lipinski definition) is 2. The third kappa shape index (κ3) is 4.41. The third-order valence-corrected chi connectivity index (χ3v) is 15.0. The Morgan fingerprint density at radius 2 is 0.900 bits per heavy atom. The molecule has 0 N–H and O–H groups in total. The molecule has 0 saturated heterocycles. The molecule has 1 spiro atoms. The summed E-state index contributed by atoms with van der Waals surface area (Å²) in [5.41, 5.74) is 21.4. The molecule has 0 amide bonds. The van der Waals surface area contributed by atoms with Crippen molar-refractivity contribution in [1.29, 1.82) is 0 Å². The summed E-state index contributed by atoms with van der Waals surface area (Å²) in [5, 5.41) is 2.62. The van der Waals surface area contributed by atoms with E-state index in [0.29, 0.717) is 0 Å². The molecule has 0 bridgehead atoms. The second kappa shape index (κ2) is 12.3. The molecule has 13 rings (SSSR count). The standard InChI is InChI=1S/C58H39NS/c1-57(2)51-33-37(36-15-4-3-5-16-36)27-30-43(51)44-31-28-38(34-52(44)57)59(39-29-32-46-45-20-9-13-26-54(45)60-55(46)35-39)53-25-14-21-47-42-19-8-12-24-50(42)58(56(47)53)48-22-10-6-17-40(48)41-18-7-11-23-49(41)58/h3-35H,1-2H3. The summed E-state index contributed by atoms with van der Waals surface area (Å²) >= 11 is 1.88. The van der Waals surface area contributed by atoms with Crippen LogP contribution in [0, 0.1) is 0 Å². The number of hydrogen-bond donors (Lipinski definition) is 0. The molecule has 10 aromatic rings. The summed E-state index contributed by atoms with van der Waals surface area (Å²) in [6.07, 6.45) is 0. The SMILES string of the molecule is CC1(C)c2cc(-c3ccccc3)ccc2-c2ccc(N(c3ccc4c(c3)sc3ccccc34)c3cccc4c3C3(c5ccccc5-c5ccccc53)c3ccccc3-4)cc21. The summed E-state index contributed by atoms with van der Waals surface area (Å²) in [6.45, 7) is 4.81. The first-order valence-electron chi connectivity index (χ1n) is 21.0. The molecular weight excluding hydrogens is 743 g/mol. The predicted octanol–water partition coefficient (Wildman–Crippen LogP) is 15.8. The summed E-state index contributed by atoms with van der Waals surface area (Å²) in [6, 6.07) is 75.5. The fourth-order valence-corrected chi connectivity index (χ4v) is 12.4. The van der Waals surface area contributed by atoms with Crippen molar-refractivity contribution in [1.82, 2.24) is 0 Å². The van der Waals surface area contributed by atoms with Crippen molar-refractivity contribution in [2.75, 3.05) is 4.90 Å². The molecular formula is C58H39NS. The average molecular weight is 782 g/mol. The Kier molecular flexibility index (Phi) is 6.94. The molecule has 1 heterocycles. The number of anilines is 3. The first-order valence-corrected chi connectivity index (χ1v) is 21.8. The molecule has 0 unspecified atom stereocenters. The molecule has 3 aliphatic rings. The maximum Gasteiger partial charge on any atom is 0.0746 e. The highest BCUT2D eigenvalue weighted by molar-refractivity contribution is 7.25. The molecule has 0 radical (unpaired) electrons.